The van der Waals surface area contributed by atoms with E-state index in [1.165, 1.54) is 11.1 Å². The van der Waals surface area contributed by atoms with Crippen LogP contribution in [0.2, 0.25) is 0 Å². The smallest absolute Gasteiger partial charge is 0.150 e. The number of ether oxygens (including phenoxy) is 2. The molecule has 0 aromatic heterocycles. The van der Waals surface area contributed by atoms with E-state index in [2.05, 4.69) is 18.2 Å². The van der Waals surface area contributed by atoms with Gasteiger partial charge in [-0.05, 0) is 17.2 Å². The molecule has 2 nitrogen and oxygen atoms in total. The third-order valence-corrected chi connectivity index (χ3v) is 3.42. The van der Waals surface area contributed by atoms with E-state index in [-0.39, 0.29) is 12.2 Å². The predicted molar refractivity (Wildman–Crippen MR) is 70.8 cm³/mol. The first-order valence-electron chi connectivity index (χ1n) is 6.21. The molecule has 0 spiro atoms. The van der Waals surface area contributed by atoms with E-state index < -0.39 is 0 Å². The second kappa shape index (κ2) is 4.83. The van der Waals surface area contributed by atoms with Crippen LogP contribution in [0.3, 0.4) is 0 Å². The fraction of sp³-hybridized carbons (Fsp3) is 0.250. The highest BCUT2D eigenvalue weighted by Crippen LogP contribution is 2.35. The van der Waals surface area contributed by atoms with Gasteiger partial charge in [0.1, 0.15) is 11.9 Å². The average molecular weight is 240 g/mol. The Labute approximate surface area is 107 Å². The van der Waals surface area contributed by atoms with Crippen molar-refractivity contribution in [3.63, 3.8) is 0 Å². The molecule has 18 heavy (non-hydrogen) atoms. The van der Waals surface area contributed by atoms with E-state index >= 15 is 0 Å². The summed E-state index contributed by atoms with van der Waals surface area (Å²) < 4.78 is 11.7. The highest BCUT2D eigenvalue weighted by molar-refractivity contribution is 5.37. The fourth-order valence-electron chi connectivity index (χ4n) is 2.46. The maximum Gasteiger partial charge on any atom is 0.150 e. The molecule has 0 fully saturated rings. The molecule has 0 unspecified atom stereocenters. The molecule has 0 amide bonds. The van der Waals surface area contributed by atoms with Crippen molar-refractivity contribution in [2.75, 3.05) is 7.11 Å². The van der Waals surface area contributed by atoms with Crippen LogP contribution in [0.4, 0.5) is 0 Å². The molecule has 1 aliphatic heterocycles. The number of hydrogen-bond acceptors (Lipinski definition) is 2. The number of methoxy groups -OCH3 is 1. The first-order chi connectivity index (χ1) is 8.88. The largest absolute Gasteiger partial charge is 0.483 e. The Kier molecular flexibility index (Phi) is 3.03. The standard InChI is InChI=1S/C16H16O2/c1-17-15-11-13-9-5-6-10-14(13)18-16(15)12-7-3-2-4-8-12/h2-10,15-16H,11H2,1H3/t15-,16-/m0/s1. The molecule has 92 valence electrons. The molecule has 2 atom stereocenters. The zero-order valence-corrected chi connectivity index (χ0v) is 10.4. The fourth-order valence-corrected chi connectivity index (χ4v) is 2.46. The van der Waals surface area contributed by atoms with Crippen molar-refractivity contribution in [1.82, 2.24) is 0 Å². The maximum atomic E-state index is 6.10. The Morgan fingerprint density at radius 1 is 1.00 bits per heavy atom. The van der Waals surface area contributed by atoms with Gasteiger partial charge in [-0.1, -0.05) is 48.5 Å². The summed E-state index contributed by atoms with van der Waals surface area (Å²) in [5.74, 6) is 0.972. The molecule has 0 saturated heterocycles. The molecule has 0 radical (unpaired) electrons. The molecule has 0 aliphatic carbocycles. The third kappa shape index (κ3) is 2.00. The summed E-state index contributed by atoms with van der Waals surface area (Å²) in [6.45, 7) is 0. The first kappa shape index (κ1) is 11.3. The third-order valence-electron chi connectivity index (χ3n) is 3.42. The predicted octanol–water partition coefficient (Wildman–Crippen LogP) is 3.38. The first-order valence-corrected chi connectivity index (χ1v) is 6.21. The van der Waals surface area contributed by atoms with Crippen molar-refractivity contribution in [3.05, 3.63) is 65.7 Å². The van der Waals surface area contributed by atoms with Crippen LogP contribution in [0.25, 0.3) is 0 Å². The van der Waals surface area contributed by atoms with E-state index in [1.807, 2.05) is 36.4 Å². The van der Waals surface area contributed by atoms with E-state index in [0.717, 1.165) is 12.2 Å². The lowest BCUT2D eigenvalue weighted by Crippen LogP contribution is -2.31. The van der Waals surface area contributed by atoms with Gasteiger partial charge in [0.2, 0.25) is 0 Å². The second-order valence-corrected chi connectivity index (χ2v) is 4.54. The molecule has 2 heteroatoms. The normalized spacial score (nSPS) is 22.1. The van der Waals surface area contributed by atoms with Crippen LogP contribution in [0.5, 0.6) is 5.75 Å². The number of rotatable bonds is 2. The lowest BCUT2D eigenvalue weighted by Gasteiger charge is -2.33. The highest BCUT2D eigenvalue weighted by Gasteiger charge is 2.30. The van der Waals surface area contributed by atoms with Crippen molar-refractivity contribution in [1.29, 1.82) is 0 Å². The van der Waals surface area contributed by atoms with Crippen molar-refractivity contribution in [3.8, 4) is 5.75 Å². The highest BCUT2D eigenvalue weighted by atomic mass is 16.5. The molecular weight excluding hydrogens is 224 g/mol. The molecule has 0 bridgehead atoms. The zero-order valence-electron chi connectivity index (χ0n) is 10.4. The van der Waals surface area contributed by atoms with Gasteiger partial charge in [-0.25, -0.2) is 0 Å². The van der Waals surface area contributed by atoms with Gasteiger partial charge in [0.05, 0.1) is 0 Å². The lowest BCUT2D eigenvalue weighted by molar-refractivity contribution is -0.0113. The number of benzene rings is 2. The van der Waals surface area contributed by atoms with Crippen LogP contribution < -0.4 is 4.74 Å². The Morgan fingerprint density at radius 3 is 2.50 bits per heavy atom. The SMILES string of the molecule is CO[C@H]1Cc2ccccc2O[C@H]1c1ccccc1. The molecule has 2 aromatic carbocycles. The quantitative estimate of drug-likeness (QED) is 0.801. The van der Waals surface area contributed by atoms with Crippen molar-refractivity contribution in [2.24, 2.45) is 0 Å². The summed E-state index contributed by atoms with van der Waals surface area (Å²) >= 11 is 0. The molecule has 1 heterocycles. The van der Waals surface area contributed by atoms with E-state index in [1.54, 1.807) is 7.11 Å². The van der Waals surface area contributed by atoms with E-state index in [4.69, 9.17) is 9.47 Å². The minimum atomic E-state index is -0.0221. The Morgan fingerprint density at radius 2 is 1.72 bits per heavy atom. The van der Waals surface area contributed by atoms with Crippen molar-refractivity contribution >= 4 is 0 Å². The summed E-state index contributed by atoms with van der Waals surface area (Å²) in [4.78, 5) is 0. The van der Waals surface area contributed by atoms with Crippen LogP contribution >= 0.6 is 0 Å². The molecule has 0 saturated carbocycles. The molecule has 2 aromatic rings. The summed E-state index contributed by atoms with van der Waals surface area (Å²) in [6.07, 6.45) is 0.945. The van der Waals surface area contributed by atoms with Crippen LogP contribution in [0, 0.1) is 0 Å². The van der Waals surface area contributed by atoms with Crippen molar-refractivity contribution in [2.45, 2.75) is 18.6 Å². The van der Waals surface area contributed by atoms with Gasteiger partial charge >= 0.3 is 0 Å². The van der Waals surface area contributed by atoms with Gasteiger partial charge in [0.15, 0.2) is 6.10 Å². The Balaban J connectivity index is 1.96. The topological polar surface area (TPSA) is 18.5 Å². The van der Waals surface area contributed by atoms with Gasteiger partial charge in [-0.3, -0.25) is 0 Å². The zero-order chi connectivity index (χ0) is 12.4. The number of para-hydroxylation sites is 1. The molecule has 1 aliphatic rings. The molecular formula is C16H16O2. The summed E-state index contributed by atoms with van der Waals surface area (Å²) in [5.41, 5.74) is 2.38. The minimum Gasteiger partial charge on any atom is -0.483 e. The summed E-state index contributed by atoms with van der Waals surface area (Å²) in [6, 6.07) is 18.4. The van der Waals surface area contributed by atoms with E-state index in [0.29, 0.717) is 0 Å². The van der Waals surface area contributed by atoms with Gasteiger partial charge < -0.3 is 9.47 Å². The Bertz CT molecular complexity index is 522. The van der Waals surface area contributed by atoms with E-state index in [9.17, 15) is 0 Å². The number of fused-ring (bicyclic) bond motifs is 1. The van der Waals surface area contributed by atoms with Gasteiger partial charge in [-0.15, -0.1) is 0 Å². The molecule has 3 rings (SSSR count). The lowest BCUT2D eigenvalue weighted by atomic mass is 9.95. The van der Waals surface area contributed by atoms with Crippen molar-refractivity contribution < 1.29 is 9.47 Å². The second-order valence-electron chi connectivity index (χ2n) is 4.54. The van der Waals surface area contributed by atoms with Gasteiger partial charge in [0.25, 0.3) is 0 Å². The van der Waals surface area contributed by atoms with Crippen LogP contribution in [-0.4, -0.2) is 13.2 Å². The maximum absolute atomic E-state index is 6.10. The van der Waals surface area contributed by atoms with Gasteiger partial charge in [0, 0.05) is 13.5 Å². The monoisotopic (exact) mass is 240 g/mol. The molecule has 0 N–H and O–H groups in total. The van der Waals surface area contributed by atoms with Crippen LogP contribution in [-0.2, 0) is 11.2 Å². The number of hydrogen-bond donors (Lipinski definition) is 0. The van der Waals surface area contributed by atoms with Gasteiger partial charge in [-0.2, -0.15) is 0 Å². The summed E-state index contributed by atoms with van der Waals surface area (Å²) in [7, 11) is 1.75. The average Bonchev–Trinajstić information content (AvgIpc) is 2.46. The van der Waals surface area contributed by atoms with Crippen LogP contribution in [0.1, 0.15) is 17.2 Å². The van der Waals surface area contributed by atoms with Crippen LogP contribution in [0.15, 0.2) is 54.6 Å². The summed E-state index contributed by atoms with van der Waals surface area (Å²) in [5, 5.41) is 0. The minimum absolute atomic E-state index is 0.0221. The Hall–Kier alpha value is -1.80.